The highest BCUT2D eigenvalue weighted by atomic mass is 32.2. The van der Waals surface area contributed by atoms with E-state index in [0.29, 0.717) is 22.6 Å². The van der Waals surface area contributed by atoms with Gasteiger partial charge in [0.15, 0.2) is 5.78 Å². The molecule has 2 N–H and O–H groups in total. The summed E-state index contributed by atoms with van der Waals surface area (Å²) in [6, 6.07) is 18.7. The fourth-order valence-electron chi connectivity index (χ4n) is 3.33. The van der Waals surface area contributed by atoms with Crippen LogP contribution >= 0.6 is 11.3 Å². The van der Waals surface area contributed by atoms with E-state index >= 15 is 0 Å². The van der Waals surface area contributed by atoms with Crippen molar-refractivity contribution in [1.29, 1.82) is 0 Å². The quantitative estimate of drug-likeness (QED) is 0.254. The van der Waals surface area contributed by atoms with Crippen LogP contribution in [-0.2, 0) is 16.6 Å². The van der Waals surface area contributed by atoms with Gasteiger partial charge in [-0.25, -0.2) is 13.6 Å². The fourth-order valence-corrected chi connectivity index (χ4v) is 4.59. The Morgan fingerprint density at radius 1 is 1.06 bits per heavy atom. The Morgan fingerprint density at radius 2 is 1.86 bits per heavy atom. The Morgan fingerprint density at radius 3 is 2.49 bits per heavy atom. The first kappa shape index (κ1) is 24.3. The Hall–Kier alpha value is -3.79. The summed E-state index contributed by atoms with van der Waals surface area (Å²) in [6.07, 6.45) is 4.78. The van der Waals surface area contributed by atoms with E-state index in [1.807, 2.05) is 41.8 Å². The van der Waals surface area contributed by atoms with Gasteiger partial charge in [-0.1, -0.05) is 12.1 Å². The molecule has 0 bridgehead atoms. The van der Waals surface area contributed by atoms with Crippen molar-refractivity contribution in [3.63, 3.8) is 0 Å². The van der Waals surface area contributed by atoms with Gasteiger partial charge in [0.2, 0.25) is 10.0 Å². The minimum atomic E-state index is -3.83. The normalized spacial score (nSPS) is 11.5. The number of primary sulfonamides is 1. The van der Waals surface area contributed by atoms with Gasteiger partial charge >= 0.3 is 0 Å². The number of allylic oxidation sites excluding steroid dienone is 1. The van der Waals surface area contributed by atoms with Crippen LogP contribution in [0, 0.1) is 0 Å². The average Bonchev–Trinajstić information content (AvgIpc) is 3.41. The molecule has 0 spiro atoms. The van der Waals surface area contributed by atoms with Crippen molar-refractivity contribution < 1.29 is 22.7 Å². The van der Waals surface area contributed by atoms with Crippen molar-refractivity contribution in [2.24, 2.45) is 5.14 Å². The number of rotatable bonds is 9. The highest BCUT2D eigenvalue weighted by Crippen LogP contribution is 2.39. The van der Waals surface area contributed by atoms with Crippen molar-refractivity contribution in [2.45, 2.75) is 11.5 Å². The second-order valence-corrected chi connectivity index (χ2v) is 9.95. The van der Waals surface area contributed by atoms with Crippen LogP contribution in [0.2, 0.25) is 0 Å². The molecule has 2 aromatic heterocycles. The molecule has 0 aliphatic heterocycles. The van der Waals surface area contributed by atoms with Crippen molar-refractivity contribution in [2.75, 3.05) is 7.11 Å². The zero-order valence-electron chi connectivity index (χ0n) is 18.7. The van der Waals surface area contributed by atoms with Gasteiger partial charge in [0.25, 0.3) is 0 Å². The Balaban J connectivity index is 1.67. The molecule has 0 amide bonds. The van der Waals surface area contributed by atoms with Gasteiger partial charge in [-0.2, -0.15) is 0 Å². The number of carbonyl (C=O) groups is 1. The van der Waals surface area contributed by atoms with Crippen LogP contribution in [0.4, 0.5) is 0 Å². The van der Waals surface area contributed by atoms with Crippen LogP contribution in [0.25, 0.3) is 16.5 Å². The van der Waals surface area contributed by atoms with Crippen molar-refractivity contribution in [1.82, 2.24) is 4.98 Å². The third-order valence-corrected chi connectivity index (χ3v) is 6.93. The highest BCUT2D eigenvalue weighted by molar-refractivity contribution is 7.89. The number of benzene rings is 2. The lowest BCUT2D eigenvalue weighted by Crippen LogP contribution is -2.12. The van der Waals surface area contributed by atoms with Gasteiger partial charge in [0, 0.05) is 33.8 Å². The molecule has 0 atom stereocenters. The molecule has 0 saturated carbocycles. The fraction of sp³-hybridized carbons (Fsp3) is 0.0769. The van der Waals surface area contributed by atoms with Gasteiger partial charge in [-0.15, -0.1) is 11.3 Å². The van der Waals surface area contributed by atoms with Crippen molar-refractivity contribution >= 4 is 33.2 Å². The topological polar surface area (TPSA) is 109 Å². The molecule has 2 heterocycles. The minimum absolute atomic E-state index is 0.0565. The van der Waals surface area contributed by atoms with Crippen molar-refractivity contribution in [3.8, 4) is 21.9 Å². The summed E-state index contributed by atoms with van der Waals surface area (Å²) < 4.78 is 34.6. The number of methoxy groups -OCH3 is 1. The number of ether oxygens (including phenoxy) is 2. The van der Waals surface area contributed by atoms with Gasteiger partial charge in [0.1, 0.15) is 18.1 Å². The third-order valence-electron chi connectivity index (χ3n) is 5.10. The SMILES string of the molecule is COc1cc(OCc2ccccn2)c(C=CC(=O)c2ccc(S(N)(=O)=O)cc2)cc1-c1cccs1. The molecule has 0 saturated heterocycles. The molecular formula is C26H22N2O5S2. The molecule has 2 aromatic carbocycles. The zero-order valence-corrected chi connectivity index (χ0v) is 20.4. The smallest absolute Gasteiger partial charge is 0.238 e. The maximum atomic E-state index is 12.8. The molecule has 0 aliphatic rings. The van der Waals surface area contributed by atoms with E-state index in [4.69, 9.17) is 14.6 Å². The highest BCUT2D eigenvalue weighted by Gasteiger charge is 2.14. The summed E-state index contributed by atoms with van der Waals surface area (Å²) >= 11 is 1.57. The monoisotopic (exact) mass is 506 g/mol. The molecular weight excluding hydrogens is 484 g/mol. The molecule has 4 rings (SSSR count). The van der Waals surface area contributed by atoms with E-state index < -0.39 is 10.0 Å². The minimum Gasteiger partial charge on any atom is -0.496 e. The van der Waals surface area contributed by atoms with Crippen molar-refractivity contribution in [3.05, 3.63) is 101 Å². The predicted octanol–water partition coefficient (Wildman–Crippen LogP) is 4.94. The van der Waals surface area contributed by atoms with Gasteiger partial charge in [-0.05, 0) is 66.1 Å². The van der Waals surface area contributed by atoms with E-state index in [2.05, 4.69) is 4.98 Å². The molecule has 0 fully saturated rings. The number of ketones is 1. The summed E-state index contributed by atoms with van der Waals surface area (Å²) in [5.74, 6) is 0.877. The summed E-state index contributed by atoms with van der Waals surface area (Å²) in [4.78, 5) is 18.0. The summed E-state index contributed by atoms with van der Waals surface area (Å²) in [5, 5.41) is 7.10. The van der Waals surface area contributed by atoms with Crippen LogP contribution in [0.1, 0.15) is 21.6 Å². The lowest BCUT2D eigenvalue weighted by molar-refractivity contribution is 0.104. The number of pyridine rings is 1. The molecule has 7 nitrogen and oxygen atoms in total. The maximum absolute atomic E-state index is 12.8. The van der Waals surface area contributed by atoms with E-state index in [0.717, 1.165) is 16.1 Å². The molecule has 35 heavy (non-hydrogen) atoms. The third kappa shape index (κ3) is 6.02. The van der Waals surface area contributed by atoms with E-state index in [-0.39, 0.29) is 17.3 Å². The number of nitrogens with two attached hydrogens (primary N) is 1. The average molecular weight is 507 g/mol. The Labute approximate surface area is 207 Å². The van der Waals surface area contributed by atoms with Crippen LogP contribution < -0.4 is 14.6 Å². The Bertz CT molecular complexity index is 1450. The second kappa shape index (κ2) is 10.6. The number of aromatic nitrogens is 1. The summed E-state index contributed by atoms with van der Waals surface area (Å²) in [7, 11) is -2.23. The molecule has 178 valence electrons. The number of nitrogens with zero attached hydrogens (tertiary/aromatic N) is 1. The van der Waals surface area contributed by atoms with Crippen LogP contribution in [0.5, 0.6) is 11.5 Å². The first-order chi connectivity index (χ1) is 16.8. The largest absolute Gasteiger partial charge is 0.496 e. The molecule has 0 unspecified atom stereocenters. The number of carbonyl (C=O) groups excluding carboxylic acids is 1. The summed E-state index contributed by atoms with van der Waals surface area (Å²) in [6.45, 7) is 0.242. The van der Waals surface area contributed by atoms with E-state index in [1.165, 1.54) is 30.3 Å². The molecule has 9 heteroatoms. The zero-order chi connectivity index (χ0) is 24.8. The van der Waals surface area contributed by atoms with Crippen LogP contribution in [-0.4, -0.2) is 26.3 Å². The standard InChI is InChI=1S/C26H22N2O5S2/c1-32-25-16-24(33-17-20-5-2-3-13-28-20)19(15-22(25)26-6-4-14-34-26)9-12-23(29)18-7-10-21(11-8-18)35(27,30)31/h2-16H,17H2,1H3,(H2,27,30,31). The second-order valence-electron chi connectivity index (χ2n) is 7.44. The van der Waals surface area contributed by atoms with Crippen LogP contribution in [0.15, 0.2) is 89.3 Å². The first-order valence-electron chi connectivity index (χ1n) is 10.5. The van der Waals surface area contributed by atoms with Gasteiger partial charge < -0.3 is 9.47 Å². The van der Waals surface area contributed by atoms with E-state index in [1.54, 1.807) is 36.8 Å². The lowest BCUT2D eigenvalue weighted by atomic mass is 10.0. The predicted molar refractivity (Wildman–Crippen MR) is 136 cm³/mol. The lowest BCUT2D eigenvalue weighted by Gasteiger charge is -2.14. The molecule has 0 aliphatic carbocycles. The number of sulfonamides is 1. The van der Waals surface area contributed by atoms with E-state index in [9.17, 15) is 13.2 Å². The first-order valence-corrected chi connectivity index (χ1v) is 12.9. The summed E-state index contributed by atoms with van der Waals surface area (Å²) in [5.41, 5.74) is 2.64. The van der Waals surface area contributed by atoms with Gasteiger partial charge in [-0.3, -0.25) is 9.78 Å². The molecule has 4 aromatic rings. The Kier molecular flexibility index (Phi) is 7.40. The maximum Gasteiger partial charge on any atom is 0.238 e. The molecule has 0 radical (unpaired) electrons. The number of thiophene rings is 1. The van der Waals surface area contributed by atoms with Gasteiger partial charge in [0.05, 0.1) is 17.7 Å². The van der Waals surface area contributed by atoms with Crippen LogP contribution in [0.3, 0.4) is 0 Å². The number of hydrogen-bond acceptors (Lipinski definition) is 7. The number of hydrogen-bond donors (Lipinski definition) is 1.